The SMILES string of the molecule is Cc1cccc(S(=O)CC(=O)c2ccccc2F)c1. The molecule has 98 valence electrons. The Kier molecular flexibility index (Phi) is 4.22. The molecule has 0 radical (unpaired) electrons. The summed E-state index contributed by atoms with van der Waals surface area (Å²) in [5.41, 5.74) is 0.965. The molecule has 0 heterocycles. The molecular weight excluding hydrogens is 263 g/mol. The van der Waals surface area contributed by atoms with Crippen LogP contribution in [0.5, 0.6) is 0 Å². The van der Waals surface area contributed by atoms with E-state index in [-0.39, 0.29) is 11.3 Å². The summed E-state index contributed by atoms with van der Waals surface area (Å²) >= 11 is 0. The minimum absolute atomic E-state index is 0.0106. The monoisotopic (exact) mass is 276 g/mol. The Morgan fingerprint density at radius 2 is 1.89 bits per heavy atom. The third-order valence-corrected chi connectivity index (χ3v) is 3.99. The van der Waals surface area contributed by atoms with Crippen molar-refractivity contribution in [3.8, 4) is 0 Å². The van der Waals surface area contributed by atoms with Crippen LogP contribution in [0.2, 0.25) is 0 Å². The molecule has 0 bridgehead atoms. The maximum absolute atomic E-state index is 13.4. The topological polar surface area (TPSA) is 34.1 Å². The lowest BCUT2D eigenvalue weighted by molar-refractivity contribution is 0.101. The van der Waals surface area contributed by atoms with Crippen LogP contribution in [0.1, 0.15) is 15.9 Å². The summed E-state index contributed by atoms with van der Waals surface area (Å²) < 4.78 is 25.5. The summed E-state index contributed by atoms with van der Waals surface area (Å²) in [6, 6.07) is 12.9. The first-order valence-electron chi connectivity index (χ1n) is 5.80. The van der Waals surface area contributed by atoms with Crippen molar-refractivity contribution in [1.29, 1.82) is 0 Å². The first-order chi connectivity index (χ1) is 9.08. The van der Waals surface area contributed by atoms with Gasteiger partial charge in [-0.3, -0.25) is 9.00 Å². The van der Waals surface area contributed by atoms with Crippen molar-refractivity contribution >= 4 is 16.6 Å². The lowest BCUT2D eigenvalue weighted by atomic mass is 10.1. The van der Waals surface area contributed by atoms with Crippen LogP contribution in [0.4, 0.5) is 4.39 Å². The van der Waals surface area contributed by atoms with E-state index < -0.39 is 22.4 Å². The van der Waals surface area contributed by atoms with Gasteiger partial charge in [0.2, 0.25) is 0 Å². The molecular formula is C15H13FO2S. The molecule has 4 heteroatoms. The van der Waals surface area contributed by atoms with Crippen molar-refractivity contribution in [3.63, 3.8) is 0 Å². The van der Waals surface area contributed by atoms with Crippen LogP contribution in [0.3, 0.4) is 0 Å². The number of carbonyl (C=O) groups is 1. The third-order valence-electron chi connectivity index (χ3n) is 2.69. The highest BCUT2D eigenvalue weighted by atomic mass is 32.2. The lowest BCUT2D eigenvalue weighted by Crippen LogP contribution is -2.12. The van der Waals surface area contributed by atoms with Gasteiger partial charge in [-0.2, -0.15) is 0 Å². The Balaban J connectivity index is 2.16. The van der Waals surface area contributed by atoms with Gasteiger partial charge in [0.25, 0.3) is 0 Å². The smallest absolute Gasteiger partial charge is 0.178 e. The van der Waals surface area contributed by atoms with E-state index in [1.54, 1.807) is 24.3 Å². The number of rotatable bonds is 4. The second-order valence-electron chi connectivity index (χ2n) is 4.21. The number of carbonyl (C=O) groups excluding carboxylic acids is 1. The Bertz CT molecular complexity index is 638. The average molecular weight is 276 g/mol. The van der Waals surface area contributed by atoms with Gasteiger partial charge in [-0.05, 0) is 36.8 Å². The number of benzene rings is 2. The van der Waals surface area contributed by atoms with Crippen LogP contribution in [0.25, 0.3) is 0 Å². The average Bonchev–Trinajstić information content (AvgIpc) is 2.39. The molecule has 0 saturated heterocycles. The molecule has 1 unspecified atom stereocenters. The summed E-state index contributed by atoms with van der Waals surface area (Å²) in [6.07, 6.45) is 0. The minimum Gasteiger partial charge on any atom is -0.293 e. The quantitative estimate of drug-likeness (QED) is 0.804. The molecule has 0 amide bonds. The fourth-order valence-electron chi connectivity index (χ4n) is 1.72. The zero-order chi connectivity index (χ0) is 13.8. The summed E-state index contributed by atoms with van der Waals surface area (Å²) in [7, 11) is -1.45. The Hall–Kier alpha value is -1.81. The third kappa shape index (κ3) is 3.35. The molecule has 2 nitrogen and oxygen atoms in total. The van der Waals surface area contributed by atoms with Crippen LogP contribution in [-0.4, -0.2) is 15.7 Å². The highest BCUT2D eigenvalue weighted by Crippen LogP contribution is 2.13. The highest BCUT2D eigenvalue weighted by Gasteiger charge is 2.15. The van der Waals surface area contributed by atoms with Gasteiger partial charge in [0.15, 0.2) is 5.78 Å². The molecule has 0 fully saturated rings. The van der Waals surface area contributed by atoms with Gasteiger partial charge < -0.3 is 0 Å². The molecule has 2 rings (SSSR count). The van der Waals surface area contributed by atoms with E-state index in [4.69, 9.17) is 0 Å². The number of hydrogen-bond donors (Lipinski definition) is 0. The number of hydrogen-bond acceptors (Lipinski definition) is 2. The van der Waals surface area contributed by atoms with Gasteiger partial charge in [-0.25, -0.2) is 4.39 Å². The van der Waals surface area contributed by atoms with E-state index in [1.807, 2.05) is 13.0 Å². The van der Waals surface area contributed by atoms with Crippen molar-refractivity contribution < 1.29 is 13.4 Å². The summed E-state index contributed by atoms with van der Waals surface area (Å²) in [6.45, 7) is 1.89. The maximum Gasteiger partial charge on any atom is 0.178 e. The maximum atomic E-state index is 13.4. The molecule has 0 N–H and O–H groups in total. The zero-order valence-corrected chi connectivity index (χ0v) is 11.2. The molecule has 2 aromatic carbocycles. The predicted octanol–water partition coefficient (Wildman–Crippen LogP) is 3.12. The molecule has 0 saturated carbocycles. The fourth-order valence-corrected chi connectivity index (χ4v) is 2.83. The van der Waals surface area contributed by atoms with E-state index in [0.29, 0.717) is 4.90 Å². The van der Waals surface area contributed by atoms with Gasteiger partial charge in [-0.1, -0.05) is 24.3 Å². The van der Waals surface area contributed by atoms with Crippen LogP contribution in [0.15, 0.2) is 53.4 Å². The second kappa shape index (κ2) is 5.89. The van der Waals surface area contributed by atoms with E-state index in [9.17, 15) is 13.4 Å². The predicted molar refractivity (Wildman–Crippen MR) is 73.2 cm³/mol. The van der Waals surface area contributed by atoms with E-state index >= 15 is 0 Å². The Morgan fingerprint density at radius 1 is 1.16 bits per heavy atom. The number of ketones is 1. The van der Waals surface area contributed by atoms with E-state index in [0.717, 1.165) is 5.56 Å². The first-order valence-corrected chi connectivity index (χ1v) is 7.12. The Morgan fingerprint density at radius 3 is 2.58 bits per heavy atom. The number of aryl methyl sites for hydroxylation is 1. The fraction of sp³-hybridized carbons (Fsp3) is 0.133. The molecule has 19 heavy (non-hydrogen) atoms. The van der Waals surface area contributed by atoms with Crippen molar-refractivity contribution in [2.45, 2.75) is 11.8 Å². The van der Waals surface area contributed by atoms with Crippen LogP contribution >= 0.6 is 0 Å². The first kappa shape index (κ1) is 13.6. The molecule has 0 aliphatic heterocycles. The van der Waals surface area contributed by atoms with Gasteiger partial charge in [0.1, 0.15) is 5.82 Å². The molecule has 0 spiro atoms. The van der Waals surface area contributed by atoms with Gasteiger partial charge in [-0.15, -0.1) is 0 Å². The van der Waals surface area contributed by atoms with Crippen LogP contribution < -0.4 is 0 Å². The Labute approximate surface area is 113 Å². The standard InChI is InChI=1S/C15H13FO2S/c1-11-5-4-6-12(9-11)19(18)10-15(17)13-7-2-3-8-14(13)16/h2-9H,10H2,1H3. The minimum atomic E-state index is -1.45. The summed E-state index contributed by atoms with van der Waals surface area (Å²) in [5.74, 6) is -1.23. The summed E-state index contributed by atoms with van der Waals surface area (Å²) in [5, 5.41) is 0. The molecule has 1 atom stereocenters. The van der Waals surface area contributed by atoms with Crippen molar-refractivity contribution in [2.75, 3.05) is 5.75 Å². The van der Waals surface area contributed by atoms with E-state index in [2.05, 4.69) is 0 Å². The van der Waals surface area contributed by atoms with Crippen molar-refractivity contribution in [2.24, 2.45) is 0 Å². The van der Waals surface area contributed by atoms with Crippen LogP contribution in [-0.2, 0) is 10.8 Å². The van der Waals surface area contributed by atoms with Crippen molar-refractivity contribution in [1.82, 2.24) is 0 Å². The molecule has 0 aliphatic carbocycles. The second-order valence-corrected chi connectivity index (χ2v) is 5.66. The summed E-state index contributed by atoms with van der Waals surface area (Å²) in [4.78, 5) is 12.5. The van der Waals surface area contributed by atoms with Gasteiger partial charge >= 0.3 is 0 Å². The molecule has 0 aliphatic rings. The normalized spacial score (nSPS) is 12.1. The molecule has 2 aromatic rings. The van der Waals surface area contributed by atoms with E-state index in [1.165, 1.54) is 18.2 Å². The largest absolute Gasteiger partial charge is 0.293 e. The lowest BCUT2D eigenvalue weighted by Gasteiger charge is -2.04. The van der Waals surface area contributed by atoms with Crippen LogP contribution in [0, 0.1) is 12.7 Å². The number of halogens is 1. The van der Waals surface area contributed by atoms with Crippen molar-refractivity contribution in [3.05, 3.63) is 65.5 Å². The zero-order valence-electron chi connectivity index (χ0n) is 10.4. The number of Topliss-reactive ketones (excluding diaryl/α,β-unsaturated/α-hetero) is 1. The molecule has 0 aromatic heterocycles. The van der Waals surface area contributed by atoms with Gasteiger partial charge in [0, 0.05) is 4.90 Å². The van der Waals surface area contributed by atoms with Gasteiger partial charge in [0.05, 0.1) is 22.1 Å². The highest BCUT2D eigenvalue weighted by molar-refractivity contribution is 7.85.